The van der Waals surface area contributed by atoms with E-state index in [4.69, 9.17) is 4.42 Å². The molecular weight excluding hydrogens is 366 g/mol. The Hall–Kier alpha value is -2.16. The zero-order valence-corrected chi connectivity index (χ0v) is 16.5. The average Bonchev–Trinajstić information content (AvgIpc) is 3.05. The average molecular weight is 391 g/mol. The van der Waals surface area contributed by atoms with Gasteiger partial charge in [0, 0.05) is 32.7 Å². The Morgan fingerprint density at radius 2 is 1.81 bits per heavy atom. The summed E-state index contributed by atoms with van der Waals surface area (Å²) in [7, 11) is -2.39. The molecule has 1 aliphatic heterocycles. The predicted molar refractivity (Wildman–Crippen MR) is 102 cm³/mol. The van der Waals surface area contributed by atoms with Crippen LogP contribution in [-0.4, -0.2) is 57.4 Å². The molecule has 3 rings (SSSR count). The smallest absolute Gasteiger partial charge is 0.289 e. The summed E-state index contributed by atoms with van der Waals surface area (Å²) in [6.07, 6.45) is 0.861. The number of amides is 1. The number of nitrogens with zero attached hydrogens (tertiary/aromatic N) is 2. The molecule has 8 heteroatoms. The summed E-state index contributed by atoms with van der Waals surface area (Å²) in [4.78, 5) is 16.7. The van der Waals surface area contributed by atoms with E-state index in [0.717, 1.165) is 26.1 Å². The molecule has 27 heavy (non-hydrogen) atoms. The zero-order valence-electron chi connectivity index (χ0n) is 15.6. The number of furan rings is 1. The first-order chi connectivity index (χ1) is 12.9. The highest BCUT2D eigenvalue weighted by atomic mass is 32.2. The van der Waals surface area contributed by atoms with Gasteiger partial charge in [0.05, 0.1) is 0 Å². The zero-order chi connectivity index (χ0) is 19.4. The van der Waals surface area contributed by atoms with Gasteiger partial charge in [0.2, 0.25) is 5.09 Å². The van der Waals surface area contributed by atoms with Crippen LogP contribution in [0.2, 0.25) is 0 Å². The van der Waals surface area contributed by atoms with Crippen molar-refractivity contribution in [2.45, 2.75) is 25.0 Å². The topological polar surface area (TPSA) is 82.9 Å². The van der Waals surface area contributed by atoms with Gasteiger partial charge in [-0.3, -0.25) is 9.69 Å². The van der Waals surface area contributed by atoms with E-state index in [9.17, 15) is 13.2 Å². The molecule has 1 amide bonds. The van der Waals surface area contributed by atoms with Crippen LogP contribution in [0.1, 0.15) is 28.1 Å². The van der Waals surface area contributed by atoms with Crippen molar-refractivity contribution in [2.24, 2.45) is 0 Å². The van der Waals surface area contributed by atoms with Crippen LogP contribution in [-0.2, 0) is 16.6 Å². The number of carbonyl (C=O) groups is 1. The summed E-state index contributed by atoms with van der Waals surface area (Å²) < 4.78 is 31.0. The van der Waals surface area contributed by atoms with Gasteiger partial charge in [0.15, 0.2) is 5.76 Å². The van der Waals surface area contributed by atoms with Crippen LogP contribution in [0.25, 0.3) is 0 Å². The van der Waals surface area contributed by atoms with Crippen LogP contribution in [0.3, 0.4) is 0 Å². The highest BCUT2D eigenvalue weighted by molar-refractivity contribution is 7.89. The number of nitrogens with one attached hydrogen (secondary N) is 1. The lowest BCUT2D eigenvalue weighted by atomic mass is 10.1. The van der Waals surface area contributed by atoms with Gasteiger partial charge in [-0.05, 0) is 38.1 Å². The second-order valence-electron chi connectivity index (χ2n) is 6.73. The van der Waals surface area contributed by atoms with Crippen molar-refractivity contribution in [3.8, 4) is 0 Å². The van der Waals surface area contributed by atoms with Gasteiger partial charge in [0.25, 0.3) is 15.9 Å². The van der Waals surface area contributed by atoms with Crippen LogP contribution in [0.15, 0.2) is 45.9 Å². The minimum atomic E-state index is -3.69. The van der Waals surface area contributed by atoms with E-state index >= 15 is 0 Å². The lowest BCUT2D eigenvalue weighted by Crippen LogP contribution is -2.35. The second kappa shape index (κ2) is 8.24. The van der Waals surface area contributed by atoms with Crippen molar-refractivity contribution in [2.75, 3.05) is 33.2 Å². The van der Waals surface area contributed by atoms with E-state index in [0.29, 0.717) is 13.1 Å². The number of benzene rings is 1. The first-order valence-corrected chi connectivity index (χ1v) is 10.5. The largest absolute Gasteiger partial charge is 0.438 e. The predicted octanol–water partition coefficient (Wildman–Crippen LogP) is 1.84. The Labute approximate surface area is 160 Å². The summed E-state index contributed by atoms with van der Waals surface area (Å²) >= 11 is 0. The van der Waals surface area contributed by atoms with Crippen molar-refractivity contribution in [1.82, 2.24) is 14.5 Å². The number of hydrogen-bond donors (Lipinski definition) is 1. The number of hydrogen-bond acceptors (Lipinski definition) is 5. The molecule has 0 unspecified atom stereocenters. The molecule has 7 nitrogen and oxygen atoms in total. The maximum Gasteiger partial charge on any atom is 0.289 e. The summed E-state index contributed by atoms with van der Waals surface area (Å²) in [5, 5.41) is -0.246. The molecule has 1 saturated heterocycles. The molecule has 1 N–H and O–H groups in total. The van der Waals surface area contributed by atoms with Crippen molar-refractivity contribution >= 4 is 15.9 Å². The maximum atomic E-state index is 12.7. The van der Waals surface area contributed by atoms with E-state index in [-0.39, 0.29) is 16.8 Å². The molecule has 2 aromatic rings. The number of sulfonamides is 1. The van der Waals surface area contributed by atoms with Crippen molar-refractivity contribution < 1.29 is 17.6 Å². The molecule has 2 heterocycles. The lowest BCUT2D eigenvalue weighted by Gasteiger charge is -2.21. The van der Waals surface area contributed by atoms with Crippen LogP contribution < -0.4 is 4.72 Å². The third kappa shape index (κ3) is 4.77. The summed E-state index contributed by atoms with van der Waals surface area (Å²) in [5.74, 6) is -0.222. The molecular formula is C19H25N3O4S. The van der Waals surface area contributed by atoms with Crippen LogP contribution in [0.5, 0.6) is 0 Å². The van der Waals surface area contributed by atoms with Gasteiger partial charge in [-0.1, -0.05) is 29.8 Å². The monoisotopic (exact) mass is 391 g/mol. The van der Waals surface area contributed by atoms with E-state index in [1.807, 2.05) is 0 Å². The van der Waals surface area contributed by atoms with Gasteiger partial charge in [-0.15, -0.1) is 0 Å². The molecule has 1 fully saturated rings. The highest BCUT2D eigenvalue weighted by Gasteiger charge is 2.25. The van der Waals surface area contributed by atoms with E-state index < -0.39 is 10.0 Å². The van der Waals surface area contributed by atoms with E-state index in [2.05, 4.69) is 40.8 Å². The fourth-order valence-corrected chi connectivity index (χ4v) is 3.77. The highest BCUT2D eigenvalue weighted by Crippen LogP contribution is 2.17. The number of aryl methyl sites for hydroxylation is 1. The summed E-state index contributed by atoms with van der Waals surface area (Å²) in [6, 6.07) is 11.2. The SMILES string of the molecule is CNS(=O)(=O)c1ccc(C(=O)N2CCCN(Cc3ccc(C)cc3)CC2)o1. The minimum absolute atomic E-state index is 0.0517. The third-order valence-corrected chi connectivity index (χ3v) is 6.01. The van der Waals surface area contributed by atoms with Crippen molar-refractivity contribution in [3.05, 3.63) is 53.3 Å². The molecule has 0 atom stereocenters. The third-order valence-electron chi connectivity index (χ3n) is 4.73. The molecule has 0 bridgehead atoms. The van der Waals surface area contributed by atoms with Crippen LogP contribution in [0.4, 0.5) is 0 Å². The Morgan fingerprint density at radius 3 is 2.52 bits per heavy atom. The van der Waals surface area contributed by atoms with Gasteiger partial charge in [-0.25, -0.2) is 13.1 Å². The van der Waals surface area contributed by atoms with E-state index in [1.54, 1.807) is 4.90 Å². The van der Waals surface area contributed by atoms with Gasteiger partial charge >= 0.3 is 0 Å². The molecule has 1 aromatic heterocycles. The van der Waals surface area contributed by atoms with Gasteiger partial charge < -0.3 is 9.32 Å². The molecule has 0 aliphatic carbocycles. The number of carbonyl (C=O) groups excluding carboxylic acids is 1. The van der Waals surface area contributed by atoms with Gasteiger partial charge in [0.1, 0.15) is 0 Å². The van der Waals surface area contributed by atoms with Gasteiger partial charge in [-0.2, -0.15) is 0 Å². The Bertz CT molecular complexity index is 890. The van der Waals surface area contributed by atoms with Crippen LogP contribution in [0, 0.1) is 6.92 Å². The Kier molecular flexibility index (Phi) is 5.98. The molecule has 0 spiro atoms. The van der Waals surface area contributed by atoms with Crippen molar-refractivity contribution in [1.29, 1.82) is 0 Å². The Balaban J connectivity index is 1.62. The Morgan fingerprint density at radius 1 is 1.07 bits per heavy atom. The first kappa shape index (κ1) is 19.6. The fourth-order valence-electron chi connectivity index (χ4n) is 3.12. The van der Waals surface area contributed by atoms with E-state index in [1.165, 1.54) is 30.3 Å². The maximum absolute atomic E-state index is 12.7. The molecule has 1 aliphatic rings. The fraction of sp³-hybridized carbons (Fsp3) is 0.421. The standard InChI is InChI=1S/C19H25N3O4S/c1-15-4-6-16(7-5-15)14-21-10-3-11-22(13-12-21)19(23)17-8-9-18(26-17)27(24,25)20-2/h4-9,20H,3,10-14H2,1-2H3. The molecule has 1 aromatic carbocycles. The molecule has 146 valence electrons. The molecule has 0 saturated carbocycles. The first-order valence-electron chi connectivity index (χ1n) is 8.99. The lowest BCUT2D eigenvalue weighted by molar-refractivity contribution is 0.0723. The molecule has 0 radical (unpaired) electrons. The summed E-state index contributed by atoms with van der Waals surface area (Å²) in [5.41, 5.74) is 2.50. The van der Waals surface area contributed by atoms with Crippen molar-refractivity contribution in [3.63, 3.8) is 0 Å². The normalized spacial score (nSPS) is 16.3. The number of rotatable bonds is 5. The quantitative estimate of drug-likeness (QED) is 0.841. The summed E-state index contributed by atoms with van der Waals surface area (Å²) in [6.45, 7) is 5.81. The van der Waals surface area contributed by atoms with Crippen LogP contribution >= 0.6 is 0 Å². The second-order valence-corrected chi connectivity index (χ2v) is 8.55. The minimum Gasteiger partial charge on any atom is -0.438 e.